The molecule has 0 aliphatic carbocycles. The van der Waals surface area contributed by atoms with Gasteiger partial charge in [-0.2, -0.15) is 5.10 Å². The van der Waals surface area contributed by atoms with E-state index in [0.717, 1.165) is 18.2 Å². The van der Waals surface area contributed by atoms with Crippen LogP contribution in [-0.4, -0.2) is 35.3 Å². The van der Waals surface area contributed by atoms with Gasteiger partial charge in [0.2, 0.25) is 0 Å². The van der Waals surface area contributed by atoms with E-state index < -0.39 is 9.84 Å². The molecule has 2 aromatic heterocycles. The Balaban J connectivity index is 1.84. The number of nitrogens with one attached hydrogen (secondary N) is 1. The van der Waals surface area contributed by atoms with Gasteiger partial charge in [-0.05, 0) is 43.2 Å². The summed E-state index contributed by atoms with van der Waals surface area (Å²) < 4.78 is 24.9. The van der Waals surface area contributed by atoms with Gasteiger partial charge >= 0.3 is 0 Å². The summed E-state index contributed by atoms with van der Waals surface area (Å²) in [6, 6.07) is 7.94. The van der Waals surface area contributed by atoms with Gasteiger partial charge in [0.05, 0.1) is 39.2 Å². The summed E-state index contributed by atoms with van der Waals surface area (Å²) in [7, 11) is -3.39. The molecule has 0 spiro atoms. The number of hydrogen-bond donors (Lipinski definition) is 1. The molecule has 1 amide bonds. The number of benzene rings is 1. The number of sulfone groups is 1. The highest BCUT2D eigenvalue weighted by molar-refractivity contribution is 7.90. The molecule has 1 N–H and O–H groups in total. The molecule has 0 aliphatic rings. The first-order chi connectivity index (χ1) is 14.6. The van der Waals surface area contributed by atoms with Crippen molar-refractivity contribution in [1.82, 2.24) is 20.1 Å². The largest absolute Gasteiger partial charge is 0.345 e. The van der Waals surface area contributed by atoms with Crippen molar-refractivity contribution in [2.75, 3.05) is 6.26 Å². The number of pyridine rings is 1. The quantitative estimate of drug-likeness (QED) is 0.534. The molecule has 3 rings (SSSR count). The molecule has 0 aliphatic heterocycles. The Morgan fingerprint density at radius 3 is 2.48 bits per heavy atom. The van der Waals surface area contributed by atoms with Crippen molar-refractivity contribution >= 4 is 38.9 Å². The fourth-order valence-corrected chi connectivity index (χ4v) is 4.03. The fraction of sp³-hybridized carbons (Fsp3) is 0.286. The first-order valence-corrected chi connectivity index (χ1v) is 12.2. The molecule has 1 aromatic carbocycles. The Morgan fingerprint density at radius 2 is 1.90 bits per heavy atom. The summed E-state index contributed by atoms with van der Waals surface area (Å²) in [4.78, 5) is 17.0. The van der Waals surface area contributed by atoms with E-state index in [1.54, 1.807) is 35.9 Å². The van der Waals surface area contributed by atoms with Gasteiger partial charge in [0.15, 0.2) is 14.9 Å². The maximum atomic E-state index is 13.0. The number of hydrogen-bond acceptors (Lipinski definition) is 5. The number of amides is 1. The second kappa shape index (κ2) is 9.38. The summed E-state index contributed by atoms with van der Waals surface area (Å²) in [6.45, 7) is 3.80. The van der Waals surface area contributed by atoms with Gasteiger partial charge in [0, 0.05) is 12.5 Å². The molecule has 164 valence electrons. The van der Waals surface area contributed by atoms with Crippen LogP contribution in [0.1, 0.15) is 47.4 Å². The topological polar surface area (TPSA) is 94.0 Å². The normalized spacial score (nSPS) is 12.5. The zero-order valence-electron chi connectivity index (χ0n) is 17.3. The maximum absolute atomic E-state index is 13.0. The van der Waals surface area contributed by atoms with Crippen molar-refractivity contribution in [3.8, 4) is 5.69 Å². The third kappa shape index (κ3) is 5.26. The average Bonchev–Trinajstić information content (AvgIpc) is 3.10. The lowest BCUT2D eigenvalue weighted by Gasteiger charge is -2.18. The second-order valence-corrected chi connectivity index (χ2v) is 9.95. The van der Waals surface area contributed by atoms with Crippen LogP contribution in [0.25, 0.3) is 5.69 Å². The van der Waals surface area contributed by atoms with E-state index >= 15 is 0 Å². The van der Waals surface area contributed by atoms with Crippen molar-refractivity contribution in [3.63, 3.8) is 0 Å². The lowest BCUT2D eigenvalue weighted by Crippen LogP contribution is -2.29. The van der Waals surface area contributed by atoms with Crippen molar-refractivity contribution < 1.29 is 13.2 Å². The second-order valence-electron chi connectivity index (χ2n) is 7.17. The van der Waals surface area contributed by atoms with E-state index in [1.165, 1.54) is 18.5 Å². The molecule has 1 unspecified atom stereocenters. The van der Waals surface area contributed by atoms with Crippen LogP contribution in [0.4, 0.5) is 0 Å². The van der Waals surface area contributed by atoms with Crippen molar-refractivity contribution in [2.45, 2.75) is 37.8 Å². The van der Waals surface area contributed by atoms with Gasteiger partial charge in [-0.25, -0.2) is 18.1 Å². The number of carbonyl (C=O) groups excluding carboxylic acids is 1. The molecule has 7 nitrogen and oxygen atoms in total. The van der Waals surface area contributed by atoms with Crippen molar-refractivity contribution in [1.29, 1.82) is 0 Å². The average molecular weight is 481 g/mol. The monoisotopic (exact) mass is 480 g/mol. The van der Waals surface area contributed by atoms with Gasteiger partial charge in [0.1, 0.15) is 0 Å². The van der Waals surface area contributed by atoms with E-state index in [4.69, 9.17) is 23.2 Å². The third-order valence-electron chi connectivity index (χ3n) is 4.83. The van der Waals surface area contributed by atoms with Gasteiger partial charge in [-0.3, -0.25) is 4.79 Å². The molecule has 0 fully saturated rings. The van der Waals surface area contributed by atoms with Crippen LogP contribution in [0.5, 0.6) is 0 Å². The summed E-state index contributed by atoms with van der Waals surface area (Å²) in [5.41, 5.74) is 2.50. The van der Waals surface area contributed by atoms with Crippen LogP contribution >= 0.6 is 23.2 Å². The maximum Gasteiger partial charge on any atom is 0.255 e. The predicted octanol–water partition coefficient (Wildman–Crippen LogP) is 4.56. The lowest BCUT2D eigenvalue weighted by atomic mass is 10.0. The molecule has 0 saturated carbocycles. The summed E-state index contributed by atoms with van der Waals surface area (Å²) in [5.74, 6) is -0.283. The summed E-state index contributed by atoms with van der Waals surface area (Å²) in [6.07, 6.45) is 5.59. The van der Waals surface area contributed by atoms with Crippen LogP contribution in [0.2, 0.25) is 10.0 Å². The minimum Gasteiger partial charge on any atom is -0.345 e. The highest BCUT2D eigenvalue weighted by Crippen LogP contribution is 2.26. The molecule has 1 atom stereocenters. The van der Waals surface area contributed by atoms with Gasteiger partial charge in [0.25, 0.3) is 5.91 Å². The van der Waals surface area contributed by atoms with E-state index in [1.807, 2.05) is 6.92 Å². The molecular formula is C21H22Cl2N4O3S. The SMILES string of the molecule is CCCC(NC(=O)c1cnn(-c2ccc(Cl)c(Cl)c2)c1C)c1ccc(S(C)(=O)=O)nc1. The van der Waals surface area contributed by atoms with Crippen molar-refractivity contribution in [2.24, 2.45) is 0 Å². The van der Waals surface area contributed by atoms with E-state index in [2.05, 4.69) is 15.4 Å². The summed E-state index contributed by atoms with van der Waals surface area (Å²) >= 11 is 12.1. The highest BCUT2D eigenvalue weighted by atomic mass is 35.5. The lowest BCUT2D eigenvalue weighted by molar-refractivity contribution is 0.0933. The Kier molecular flexibility index (Phi) is 7.03. The van der Waals surface area contributed by atoms with Gasteiger partial charge in [-0.1, -0.05) is 42.6 Å². The highest BCUT2D eigenvalue weighted by Gasteiger charge is 2.21. The molecule has 3 aromatic rings. The summed E-state index contributed by atoms with van der Waals surface area (Å²) in [5, 5.41) is 8.15. The van der Waals surface area contributed by atoms with Crippen LogP contribution in [0, 0.1) is 6.92 Å². The molecule has 2 heterocycles. The zero-order chi connectivity index (χ0) is 22.8. The Labute approximate surface area is 191 Å². The molecule has 0 bridgehead atoms. The number of aromatic nitrogens is 3. The Hall–Kier alpha value is -2.42. The van der Waals surface area contributed by atoms with Crippen LogP contribution in [-0.2, 0) is 9.84 Å². The molecule has 31 heavy (non-hydrogen) atoms. The van der Waals surface area contributed by atoms with Crippen LogP contribution < -0.4 is 5.32 Å². The smallest absolute Gasteiger partial charge is 0.255 e. The number of rotatable bonds is 7. The number of halogens is 2. The third-order valence-corrected chi connectivity index (χ3v) is 6.57. The number of carbonyl (C=O) groups is 1. The minimum atomic E-state index is -3.39. The predicted molar refractivity (Wildman–Crippen MR) is 121 cm³/mol. The van der Waals surface area contributed by atoms with Gasteiger partial charge < -0.3 is 5.32 Å². The van der Waals surface area contributed by atoms with E-state index in [-0.39, 0.29) is 17.0 Å². The minimum absolute atomic E-state index is 0.00317. The fourth-order valence-electron chi connectivity index (χ4n) is 3.17. The van der Waals surface area contributed by atoms with Gasteiger partial charge in [-0.15, -0.1) is 0 Å². The number of nitrogens with zero attached hydrogens (tertiary/aromatic N) is 3. The first-order valence-electron chi connectivity index (χ1n) is 9.58. The zero-order valence-corrected chi connectivity index (χ0v) is 19.6. The Bertz CT molecular complexity index is 1210. The Morgan fingerprint density at radius 1 is 1.16 bits per heavy atom. The van der Waals surface area contributed by atoms with E-state index in [9.17, 15) is 13.2 Å². The van der Waals surface area contributed by atoms with Crippen molar-refractivity contribution in [3.05, 3.63) is 69.6 Å². The molecule has 0 radical (unpaired) electrons. The molecule has 0 saturated heterocycles. The first kappa shape index (κ1) is 23.2. The molecular weight excluding hydrogens is 459 g/mol. The van der Waals surface area contributed by atoms with Crippen LogP contribution in [0.15, 0.2) is 47.8 Å². The van der Waals surface area contributed by atoms with E-state index in [0.29, 0.717) is 33.4 Å². The van der Waals surface area contributed by atoms with Crippen LogP contribution in [0.3, 0.4) is 0 Å². The molecule has 10 heteroatoms. The standard InChI is InChI=1S/C21H22Cl2N4O3S/c1-4-5-19(14-6-9-20(24-11-14)31(3,29)30)26-21(28)16-12-25-27(13(16)2)15-7-8-17(22)18(23)10-15/h6-12,19H,4-5H2,1-3H3,(H,26,28).